The summed E-state index contributed by atoms with van der Waals surface area (Å²) >= 11 is 1.77. The van der Waals surface area contributed by atoms with Crippen molar-refractivity contribution < 1.29 is 4.74 Å². The maximum atomic E-state index is 5.87. The number of aromatic nitrogens is 1. The fraction of sp³-hybridized carbons (Fsp3) is 0.750. The second kappa shape index (κ2) is 5.33. The molecular formula is C12H21N3OS. The molecule has 1 fully saturated rings. The lowest BCUT2D eigenvalue weighted by atomic mass is 10.00. The van der Waals surface area contributed by atoms with Crippen LogP contribution in [0.15, 0.2) is 0 Å². The van der Waals surface area contributed by atoms with Crippen LogP contribution in [-0.4, -0.2) is 37.3 Å². The summed E-state index contributed by atoms with van der Waals surface area (Å²) in [7, 11) is 1.78. The Morgan fingerprint density at radius 3 is 2.82 bits per heavy atom. The molecule has 0 aromatic carbocycles. The van der Waals surface area contributed by atoms with Crippen molar-refractivity contribution in [3.8, 4) is 0 Å². The molecule has 96 valence electrons. The van der Waals surface area contributed by atoms with Crippen LogP contribution >= 0.6 is 11.3 Å². The Balaban J connectivity index is 2.14. The number of ether oxygens (including phenoxy) is 1. The number of nitrogens with zero attached hydrogens (tertiary/aromatic N) is 2. The minimum atomic E-state index is 0.349. The zero-order valence-electron chi connectivity index (χ0n) is 10.8. The SMILES string of the molecule is COC1CCN(c2nc(C)c(C)s2)C(CN)C1. The molecule has 0 bridgehead atoms. The molecule has 2 N–H and O–H groups in total. The predicted octanol–water partition coefficient (Wildman–Crippen LogP) is 1.70. The molecule has 1 aromatic rings. The van der Waals surface area contributed by atoms with Gasteiger partial charge in [0.15, 0.2) is 5.13 Å². The fourth-order valence-electron chi connectivity index (χ4n) is 2.28. The molecule has 1 saturated heterocycles. The van der Waals surface area contributed by atoms with Crippen LogP contribution in [0.1, 0.15) is 23.4 Å². The van der Waals surface area contributed by atoms with Gasteiger partial charge in [-0.05, 0) is 26.7 Å². The molecule has 0 spiro atoms. The third-order valence-electron chi connectivity index (χ3n) is 3.54. The Kier molecular flexibility index (Phi) is 4.01. The summed E-state index contributed by atoms with van der Waals surface area (Å²) in [5.41, 5.74) is 7.01. The molecule has 0 amide bonds. The standard InChI is InChI=1S/C12H21N3OS/c1-8-9(2)17-12(14-8)15-5-4-11(16-3)6-10(15)7-13/h10-11H,4-7,13H2,1-3H3. The van der Waals surface area contributed by atoms with E-state index in [1.807, 2.05) is 0 Å². The molecule has 2 unspecified atom stereocenters. The van der Waals surface area contributed by atoms with E-state index in [1.54, 1.807) is 18.4 Å². The van der Waals surface area contributed by atoms with E-state index in [9.17, 15) is 0 Å². The topological polar surface area (TPSA) is 51.4 Å². The fourth-order valence-corrected chi connectivity index (χ4v) is 3.29. The van der Waals surface area contributed by atoms with Crippen molar-refractivity contribution in [1.82, 2.24) is 4.98 Å². The van der Waals surface area contributed by atoms with Crippen LogP contribution in [0.3, 0.4) is 0 Å². The first-order valence-electron chi connectivity index (χ1n) is 6.09. The predicted molar refractivity (Wildman–Crippen MR) is 71.8 cm³/mol. The normalized spacial score (nSPS) is 25.3. The molecule has 0 radical (unpaired) electrons. The van der Waals surface area contributed by atoms with Crippen LogP contribution < -0.4 is 10.6 Å². The molecule has 2 atom stereocenters. The summed E-state index contributed by atoms with van der Waals surface area (Å²) in [4.78, 5) is 8.27. The van der Waals surface area contributed by atoms with Crippen molar-refractivity contribution in [2.75, 3.05) is 25.1 Å². The molecule has 0 saturated carbocycles. The Labute approximate surface area is 107 Å². The highest BCUT2D eigenvalue weighted by Crippen LogP contribution is 2.30. The van der Waals surface area contributed by atoms with E-state index in [0.717, 1.165) is 30.2 Å². The number of aryl methyl sites for hydroxylation is 2. The first-order chi connectivity index (χ1) is 8.15. The van der Waals surface area contributed by atoms with E-state index in [0.29, 0.717) is 18.7 Å². The van der Waals surface area contributed by atoms with E-state index in [-0.39, 0.29) is 0 Å². The molecule has 4 nitrogen and oxygen atoms in total. The van der Waals surface area contributed by atoms with Gasteiger partial charge in [0.1, 0.15) is 0 Å². The van der Waals surface area contributed by atoms with Crippen molar-refractivity contribution in [3.63, 3.8) is 0 Å². The van der Waals surface area contributed by atoms with Gasteiger partial charge in [0.25, 0.3) is 0 Å². The highest BCUT2D eigenvalue weighted by atomic mass is 32.1. The van der Waals surface area contributed by atoms with Crippen LogP contribution in [0, 0.1) is 13.8 Å². The summed E-state index contributed by atoms with van der Waals surface area (Å²) in [5, 5.41) is 1.12. The number of methoxy groups -OCH3 is 1. The number of piperidine rings is 1. The van der Waals surface area contributed by atoms with E-state index in [4.69, 9.17) is 10.5 Å². The van der Waals surface area contributed by atoms with E-state index in [1.165, 1.54) is 4.88 Å². The molecule has 2 heterocycles. The average molecular weight is 255 g/mol. The highest BCUT2D eigenvalue weighted by Gasteiger charge is 2.29. The molecule has 1 aliphatic rings. The molecule has 1 aromatic heterocycles. The van der Waals surface area contributed by atoms with Gasteiger partial charge >= 0.3 is 0 Å². The average Bonchev–Trinajstić information content (AvgIpc) is 2.68. The minimum Gasteiger partial charge on any atom is -0.381 e. The zero-order valence-corrected chi connectivity index (χ0v) is 11.6. The number of anilines is 1. The number of thiazole rings is 1. The van der Waals surface area contributed by atoms with Gasteiger partial charge in [-0.25, -0.2) is 4.98 Å². The van der Waals surface area contributed by atoms with Crippen LogP contribution in [0.5, 0.6) is 0 Å². The van der Waals surface area contributed by atoms with Crippen molar-refractivity contribution >= 4 is 16.5 Å². The van der Waals surface area contributed by atoms with Crippen molar-refractivity contribution in [2.45, 2.75) is 38.8 Å². The van der Waals surface area contributed by atoms with Gasteiger partial charge in [-0.15, -0.1) is 11.3 Å². The van der Waals surface area contributed by atoms with Crippen molar-refractivity contribution in [3.05, 3.63) is 10.6 Å². The maximum absolute atomic E-state index is 5.87. The smallest absolute Gasteiger partial charge is 0.186 e. The number of nitrogens with two attached hydrogens (primary N) is 1. The van der Waals surface area contributed by atoms with Crippen LogP contribution in [0.25, 0.3) is 0 Å². The Hall–Kier alpha value is -0.650. The second-order valence-corrected chi connectivity index (χ2v) is 5.78. The third kappa shape index (κ3) is 2.61. The number of hydrogen-bond acceptors (Lipinski definition) is 5. The van der Waals surface area contributed by atoms with Crippen LogP contribution in [0.2, 0.25) is 0 Å². The van der Waals surface area contributed by atoms with E-state index >= 15 is 0 Å². The summed E-state index contributed by atoms with van der Waals surface area (Å²) in [6.07, 6.45) is 2.41. The number of hydrogen-bond donors (Lipinski definition) is 1. The zero-order chi connectivity index (χ0) is 12.4. The van der Waals surface area contributed by atoms with Crippen LogP contribution in [0.4, 0.5) is 5.13 Å². The van der Waals surface area contributed by atoms with Gasteiger partial charge in [0.05, 0.1) is 11.8 Å². The van der Waals surface area contributed by atoms with Crippen LogP contribution in [-0.2, 0) is 4.74 Å². The Morgan fingerprint density at radius 1 is 1.53 bits per heavy atom. The second-order valence-electron chi connectivity index (χ2n) is 4.60. The van der Waals surface area contributed by atoms with E-state index in [2.05, 4.69) is 23.7 Å². The summed E-state index contributed by atoms with van der Waals surface area (Å²) in [6, 6.07) is 0.360. The van der Waals surface area contributed by atoms with Crippen molar-refractivity contribution in [2.24, 2.45) is 5.73 Å². The van der Waals surface area contributed by atoms with Gasteiger partial charge in [-0.1, -0.05) is 0 Å². The molecule has 5 heteroatoms. The Bertz CT molecular complexity index is 360. The lowest BCUT2D eigenvalue weighted by Crippen LogP contribution is -2.48. The van der Waals surface area contributed by atoms with Gasteiger partial charge in [-0.2, -0.15) is 0 Å². The molecule has 17 heavy (non-hydrogen) atoms. The molecular weight excluding hydrogens is 234 g/mol. The molecule has 2 rings (SSSR count). The first kappa shape index (κ1) is 12.8. The summed E-state index contributed by atoms with van der Waals surface area (Å²) < 4.78 is 5.44. The van der Waals surface area contributed by atoms with E-state index < -0.39 is 0 Å². The lowest BCUT2D eigenvalue weighted by Gasteiger charge is -2.38. The quantitative estimate of drug-likeness (QED) is 0.893. The highest BCUT2D eigenvalue weighted by molar-refractivity contribution is 7.15. The van der Waals surface area contributed by atoms with Crippen molar-refractivity contribution in [1.29, 1.82) is 0 Å². The maximum Gasteiger partial charge on any atom is 0.186 e. The largest absolute Gasteiger partial charge is 0.381 e. The van der Waals surface area contributed by atoms with Gasteiger partial charge in [-0.3, -0.25) is 0 Å². The summed E-state index contributed by atoms with van der Waals surface area (Å²) in [6.45, 7) is 5.84. The minimum absolute atomic E-state index is 0.349. The molecule has 1 aliphatic heterocycles. The Morgan fingerprint density at radius 2 is 2.29 bits per heavy atom. The van der Waals surface area contributed by atoms with Gasteiger partial charge in [0.2, 0.25) is 0 Å². The molecule has 0 aliphatic carbocycles. The first-order valence-corrected chi connectivity index (χ1v) is 6.91. The number of rotatable bonds is 3. The van der Waals surface area contributed by atoms with Gasteiger partial charge < -0.3 is 15.4 Å². The monoisotopic (exact) mass is 255 g/mol. The lowest BCUT2D eigenvalue weighted by molar-refractivity contribution is 0.0709. The summed E-state index contributed by atoms with van der Waals surface area (Å²) in [5.74, 6) is 0. The third-order valence-corrected chi connectivity index (χ3v) is 4.65. The van der Waals surface area contributed by atoms with Gasteiger partial charge in [0, 0.05) is 31.1 Å².